The number of nitrogens with two attached hydrogens (primary N) is 1. The van der Waals surface area contributed by atoms with E-state index in [0.717, 1.165) is 30.6 Å². The molecule has 1 aliphatic carbocycles. The molecule has 2 rings (SSSR count). The molecule has 7 heteroatoms. The fourth-order valence-corrected chi connectivity index (χ4v) is 4.55. The highest BCUT2D eigenvalue weighted by molar-refractivity contribution is 7.91. The normalized spacial score (nSPS) is 25.8. The summed E-state index contributed by atoms with van der Waals surface area (Å²) in [6.07, 6.45) is 3.67. The Morgan fingerprint density at radius 3 is 2.72 bits per heavy atom. The minimum Gasteiger partial charge on any atom is -0.398 e. The van der Waals surface area contributed by atoms with Crippen molar-refractivity contribution in [2.24, 2.45) is 0 Å². The average Bonchev–Trinajstić information content (AvgIpc) is 2.65. The van der Waals surface area contributed by atoms with Gasteiger partial charge in [-0.25, -0.2) is 13.1 Å². The summed E-state index contributed by atoms with van der Waals surface area (Å²) in [4.78, 5) is 0. The molecule has 0 bridgehead atoms. The first-order valence-corrected chi connectivity index (χ1v) is 8.40. The summed E-state index contributed by atoms with van der Waals surface area (Å²) in [5.74, 6) is 0. The number of aliphatic hydroxyl groups is 1. The molecule has 0 radical (unpaired) electrons. The third-order valence-corrected chi connectivity index (χ3v) is 6.09. The van der Waals surface area contributed by atoms with Crippen LogP contribution >= 0.6 is 11.3 Å². The van der Waals surface area contributed by atoms with Crippen molar-refractivity contribution in [3.8, 4) is 0 Å². The first kappa shape index (κ1) is 13.8. The molecule has 0 aliphatic heterocycles. The molecule has 2 unspecified atom stereocenters. The minimum absolute atomic E-state index is 0.205. The zero-order chi connectivity index (χ0) is 13.2. The fraction of sp³-hybridized carbons (Fsp3) is 0.636. The maximum Gasteiger partial charge on any atom is 0.250 e. The highest BCUT2D eigenvalue weighted by atomic mass is 32.2. The maximum absolute atomic E-state index is 12.1. The first-order valence-electron chi connectivity index (χ1n) is 6.03. The standard InChI is InChI=1S/C11H18N2O3S2/c12-8-6-11(17-7-8)18(15,16)13-9-4-2-1-3-5-10(9)14/h6-7,9-10,13-14H,1-5,12H2. The number of nitrogen functional groups attached to an aromatic ring is 1. The van der Waals surface area contributed by atoms with Gasteiger partial charge in [-0.3, -0.25) is 0 Å². The summed E-state index contributed by atoms with van der Waals surface area (Å²) in [5.41, 5.74) is 5.98. The number of sulfonamides is 1. The van der Waals surface area contributed by atoms with Crippen LogP contribution < -0.4 is 10.5 Å². The van der Waals surface area contributed by atoms with E-state index in [1.807, 2.05) is 0 Å². The smallest absolute Gasteiger partial charge is 0.250 e. The third kappa shape index (κ3) is 3.23. The Labute approximate surface area is 111 Å². The fourth-order valence-electron chi connectivity index (χ4n) is 2.15. The summed E-state index contributed by atoms with van der Waals surface area (Å²) in [5, 5.41) is 11.5. The van der Waals surface area contributed by atoms with E-state index in [0.29, 0.717) is 18.5 Å². The number of anilines is 1. The van der Waals surface area contributed by atoms with Gasteiger partial charge in [-0.1, -0.05) is 19.3 Å². The van der Waals surface area contributed by atoms with Crippen molar-refractivity contribution in [3.63, 3.8) is 0 Å². The van der Waals surface area contributed by atoms with Gasteiger partial charge < -0.3 is 10.8 Å². The second-order valence-corrected chi connectivity index (χ2v) is 7.48. The molecule has 18 heavy (non-hydrogen) atoms. The molecule has 0 saturated heterocycles. The van der Waals surface area contributed by atoms with Gasteiger partial charge in [0.05, 0.1) is 6.10 Å². The maximum atomic E-state index is 12.1. The molecule has 5 nitrogen and oxygen atoms in total. The van der Waals surface area contributed by atoms with Crippen molar-refractivity contribution in [1.82, 2.24) is 4.72 Å². The van der Waals surface area contributed by atoms with Crippen LogP contribution in [0.15, 0.2) is 15.7 Å². The summed E-state index contributed by atoms with van der Waals surface area (Å²) < 4.78 is 27.0. The van der Waals surface area contributed by atoms with Gasteiger partial charge in [0.1, 0.15) is 4.21 Å². The van der Waals surface area contributed by atoms with Crippen molar-refractivity contribution in [2.75, 3.05) is 5.73 Å². The number of hydrogen-bond donors (Lipinski definition) is 3. The van der Waals surface area contributed by atoms with Gasteiger partial charge in [0.25, 0.3) is 0 Å². The molecule has 2 atom stereocenters. The van der Waals surface area contributed by atoms with Crippen molar-refractivity contribution < 1.29 is 13.5 Å². The number of nitrogens with one attached hydrogen (secondary N) is 1. The lowest BCUT2D eigenvalue weighted by Crippen LogP contribution is -2.42. The van der Waals surface area contributed by atoms with Gasteiger partial charge in [0.2, 0.25) is 10.0 Å². The van der Waals surface area contributed by atoms with Crippen LogP contribution in [0, 0.1) is 0 Å². The lowest BCUT2D eigenvalue weighted by atomic mass is 10.1. The quantitative estimate of drug-likeness (QED) is 0.732. The molecule has 0 amide bonds. The van der Waals surface area contributed by atoms with Crippen LogP contribution in [-0.4, -0.2) is 25.7 Å². The average molecular weight is 290 g/mol. The molecular weight excluding hydrogens is 272 g/mol. The van der Waals surface area contributed by atoms with Gasteiger partial charge in [-0.05, 0) is 18.9 Å². The van der Waals surface area contributed by atoms with Gasteiger partial charge in [0, 0.05) is 17.1 Å². The molecule has 1 heterocycles. The van der Waals surface area contributed by atoms with E-state index in [-0.39, 0.29) is 10.3 Å². The minimum atomic E-state index is -3.56. The van der Waals surface area contributed by atoms with Crippen LogP contribution in [0.4, 0.5) is 5.69 Å². The molecule has 1 saturated carbocycles. The van der Waals surface area contributed by atoms with Gasteiger partial charge in [0.15, 0.2) is 0 Å². The number of rotatable bonds is 3. The van der Waals surface area contributed by atoms with Crippen LogP contribution in [0.3, 0.4) is 0 Å². The Hall–Kier alpha value is -0.630. The lowest BCUT2D eigenvalue weighted by molar-refractivity contribution is 0.130. The zero-order valence-corrected chi connectivity index (χ0v) is 11.6. The topological polar surface area (TPSA) is 92.4 Å². The van der Waals surface area contributed by atoms with Crippen LogP contribution in [0.2, 0.25) is 0 Å². The van der Waals surface area contributed by atoms with Crippen LogP contribution in [0.25, 0.3) is 0 Å². The van der Waals surface area contributed by atoms with E-state index >= 15 is 0 Å². The Morgan fingerprint density at radius 1 is 1.33 bits per heavy atom. The number of thiophene rings is 1. The molecule has 1 aliphatic rings. The van der Waals surface area contributed by atoms with Gasteiger partial charge >= 0.3 is 0 Å². The van der Waals surface area contributed by atoms with E-state index in [1.165, 1.54) is 6.07 Å². The molecule has 0 spiro atoms. The number of hydrogen-bond acceptors (Lipinski definition) is 5. The summed E-state index contributed by atoms with van der Waals surface area (Å²) >= 11 is 1.09. The Morgan fingerprint density at radius 2 is 2.06 bits per heavy atom. The van der Waals surface area contributed by atoms with Crippen LogP contribution in [0.1, 0.15) is 32.1 Å². The predicted octanol–water partition coefficient (Wildman–Crippen LogP) is 1.30. The van der Waals surface area contributed by atoms with Crippen molar-refractivity contribution in [3.05, 3.63) is 11.4 Å². The molecule has 4 N–H and O–H groups in total. The Kier molecular flexibility index (Phi) is 4.26. The predicted molar refractivity (Wildman–Crippen MR) is 71.9 cm³/mol. The molecule has 1 aromatic rings. The van der Waals surface area contributed by atoms with E-state index in [1.54, 1.807) is 5.38 Å². The number of aliphatic hydroxyl groups excluding tert-OH is 1. The van der Waals surface area contributed by atoms with Crippen molar-refractivity contribution >= 4 is 27.0 Å². The highest BCUT2D eigenvalue weighted by Gasteiger charge is 2.27. The highest BCUT2D eigenvalue weighted by Crippen LogP contribution is 2.24. The third-order valence-electron chi connectivity index (χ3n) is 3.15. The molecule has 0 aromatic carbocycles. The van der Waals surface area contributed by atoms with E-state index < -0.39 is 16.1 Å². The first-order chi connectivity index (χ1) is 8.49. The zero-order valence-electron chi connectivity index (χ0n) is 10.0. The Bertz CT molecular complexity index is 498. The molecule has 1 fully saturated rings. The molecular formula is C11H18N2O3S2. The molecule has 1 aromatic heterocycles. The van der Waals surface area contributed by atoms with Crippen molar-refractivity contribution in [1.29, 1.82) is 0 Å². The Balaban J connectivity index is 2.11. The van der Waals surface area contributed by atoms with Gasteiger partial charge in [-0.15, -0.1) is 11.3 Å². The second-order valence-electron chi connectivity index (χ2n) is 4.63. The second kappa shape index (κ2) is 5.56. The van der Waals surface area contributed by atoms with Crippen LogP contribution in [-0.2, 0) is 10.0 Å². The van der Waals surface area contributed by atoms with Crippen molar-refractivity contribution in [2.45, 2.75) is 48.5 Å². The van der Waals surface area contributed by atoms with E-state index in [9.17, 15) is 13.5 Å². The SMILES string of the molecule is Nc1csc(S(=O)(=O)NC2CCCCCC2O)c1. The molecule has 102 valence electrons. The summed E-state index contributed by atoms with van der Waals surface area (Å²) in [7, 11) is -3.56. The van der Waals surface area contributed by atoms with E-state index in [4.69, 9.17) is 5.73 Å². The summed E-state index contributed by atoms with van der Waals surface area (Å²) in [6, 6.07) is 1.05. The van der Waals surface area contributed by atoms with E-state index in [2.05, 4.69) is 4.72 Å². The lowest BCUT2D eigenvalue weighted by Gasteiger charge is -2.21. The van der Waals surface area contributed by atoms with Crippen LogP contribution in [0.5, 0.6) is 0 Å². The largest absolute Gasteiger partial charge is 0.398 e. The van der Waals surface area contributed by atoms with Gasteiger partial charge in [-0.2, -0.15) is 0 Å². The summed E-state index contributed by atoms with van der Waals surface area (Å²) in [6.45, 7) is 0. The monoisotopic (exact) mass is 290 g/mol.